The van der Waals surface area contributed by atoms with Gasteiger partial charge in [0.15, 0.2) is 0 Å². The van der Waals surface area contributed by atoms with E-state index in [1.807, 2.05) is 36.4 Å². The molecule has 2 aromatic carbocycles. The van der Waals surface area contributed by atoms with E-state index in [0.717, 1.165) is 12.8 Å². The van der Waals surface area contributed by atoms with Crippen molar-refractivity contribution >= 4 is 39.7 Å². The molecule has 2 aromatic rings. The molecule has 1 saturated heterocycles. The van der Waals surface area contributed by atoms with Crippen LogP contribution < -0.4 is 10.4 Å². The van der Waals surface area contributed by atoms with Gasteiger partial charge in [0.25, 0.3) is 9.04 Å². The molecule has 0 N–H and O–H groups in total. The lowest BCUT2D eigenvalue weighted by Gasteiger charge is -2.37. The van der Waals surface area contributed by atoms with Crippen LogP contribution >= 0.6 is 0 Å². The topological polar surface area (TPSA) is 61.8 Å². The molecular weight excluding hydrogens is 412 g/mol. The lowest BCUT2D eigenvalue weighted by Crippen LogP contribution is -2.50. The van der Waals surface area contributed by atoms with Crippen molar-refractivity contribution in [2.24, 2.45) is 23.7 Å². The van der Waals surface area contributed by atoms with Crippen LogP contribution in [0.1, 0.15) is 12.8 Å². The number of hydrogen-bond acceptors (Lipinski definition) is 5. The Balaban J connectivity index is 1.35. The minimum Gasteiger partial charge on any atom is -0.393 e. The summed E-state index contributed by atoms with van der Waals surface area (Å²) in [4.78, 5) is 24.3. The molecule has 30 heavy (non-hydrogen) atoms. The Morgan fingerprint density at radius 2 is 1.43 bits per heavy atom. The highest BCUT2D eigenvalue weighted by atomic mass is 28.4. The highest BCUT2D eigenvalue weighted by Gasteiger charge is 2.66. The molecule has 3 fully saturated rings. The van der Waals surface area contributed by atoms with Crippen molar-refractivity contribution < 1.29 is 23.5 Å². The van der Waals surface area contributed by atoms with Gasteiger partial charge < -0.3 is 4.74 Å². The standard InChI is InChI=1S/C23H26O5Si2/c1-30(2,19-14-15-13-18(19)21-20(15)22(24)26-23(21)25)28-27-29(16-9-5-3-6-10-16)17-11-7-4-8-12-17/h3-12,15,18-21,29H,13-14H2,1-2H3. The van der Waals surface area contributed by atoms with Crippen molar-refractivity contribution in [1.82, 2.24) is 0 Å². The molecule has 0 spiro atoms. The molecule has 5 rings (SSSR count). The summed E-state index contributed by atoms with van der Waals surface area (Å²) in [6.45, 7) is 4.36. The number of fused-ring (bicyclic) bond motifs is 5. The number of rotatable bonds is 6. The predicted molar refractivity (Wildman–Crippen MR) is 117 cm³/mol. The maximum Gasteiger partial charge on any atom is 0.317 e. The Morgan fingerprint density at radius 3 is 2.03 bits per heavy atom. The van der Waals surface area contributed by atoms with Crippen LogP contribution in [-0.4, -0.2) is 29.3 Å². The van der Waals surface area contributed by atoms with Crippen molar-refractivity contribution in [3.8, 4) is 0 Å². The van der Waals surface area contributed by atoms with Crippen molar-refractivity contribution in [1.29, 1.82) is 0 Å². The number of ether oxygens (including phenoxy) is 1. The first-order chi connectivity index (χ1) is 14.5. The minimum absolute atomic E-state index is 0.179. The third-order valence-electron chi connectivity index (χ3n) is 7.21. The van der Waals surface area contributed by atoms with E-state index in [0.29, 0.717) is 5.54 Å². The minimum atomic E-state index is -2.27. The highest BCUT2D eigenvalue weighted by Crippen LogP contribution is 2.63. The molecule has 5 atom stereocenters. The first-order valence-electron chi connectivity index (χ1n) is 10.7. The van der Waals surface area contributed by atoms with E-state index in [1.165, 1.54) is 10.4 Å². The Morgan fingerprint density at radius 1 is 0.867 bits per heavy atom. The lowest BCUT2D eigenvalue weighted by molar-refractivity contribution is -0.154. The zero-order valence-corrected chi connectivity index (χ0v) is 19.3. The summed E-state index contributed by atoms with van der Waals surface area (Å²) < 4.78 is 17.5. The quantitative estimate of drug-likeness (QED) is 0.228. The lowest BCUT2D eigenvalue weighted by atomic mass is 9.81. The molecule has 1 aliphatic heterocycles. The second-order valence-electron chi connectivity index (χ2n) is 9.28. The monoisotopic (exact) mass is 438 g/mol. The molecule has 0 radical (unpaired) electrons. The summed E-state index contributed by atoms with van der Waals surface area (Å²) in [6.07, 6.45) is 1.86. The van der Waals surface area contributed by atoms with Crippen LogP contribution in [0.5, 0.6) is 0 Å². The average molecular weight is 439 g/mol. The predicted octanol–water partition coefficient (Wildman–Crippen LogP) is 2.40. The normalized spacial score (nSPS) is 30.0. The van der Waals surface area contributed by atoms with Crippen molar-refractivity contribution in [2.45, 2.75) is 31.5 Å². The molecule has 0 aromatic heterocycles. The molecule has 1 heterocycles. The largest absolute Gasteiger partial charge is 0.393 e. The number of hydrogen-bond donors (Lipinski definition) is 0. The van der Waals surface area contributed by atoms with Crippen LogP contribution in [0.15, 0.2) is 60.7 Å². The third-order valence-corrected chi connectivity index (χ3v) is 12.6. The van der Waals surface area contributed by atoms with Gasteiger partial charge in [-0.2, -0.15) is 0 Å². The Kier molecular flexibility index (Phi) is 5.01. The van der Waals surface area contributed by atoms with Crippen molar-refractivity contribution in [2.75, 3.05) is 0 Å². The van der Waals surface area contributed by atoms with E-state index < -0.39 is 17.4 Å². The Labute approximate surface area is 179 Å². The summed E-state index contributed by atoms with van der Waals surface area (Å²) in [5.74, 6) is -0.705. The van der Waals surface area contributed by atoms with Gasteiger partial charge in [-0.15, -0.1) is 0 Å². The molecule has 5 nitrogen and oxygen atoms in total. The van der Waals surface area contributed by atoms with Crippen LogP contribution in [0.4, 0.5) is 0 Å². The molecule has 0 amide bonds. The second kappa shape index (κ2) is 7.57. The molecule has 5 unspecified atom stereocenters. The number of benzene rings is 2. The second-order valence-corrected chi connectivity index (χ2v) is 15.7. The Hall–Kier alpha value is -2.07. The van der Waals surface area contributed by atoms with Crippen LogP contribution in [-0.2, 0) is 23.5 Å². The maximum atomic E-state index is 12.3. The smallest absolute Gasteiger partial charge is 0.317 e. The Bertz CT molecular complexity index is 909. The van der Waals surface area contributed by atoms with Crippen LogP contribution in [0.25, 0.3) is 0 Å². The molecule has 2 saturated carbocycles. The number of esters is 2. The number of carbonyl (C=O) groups is 2. The van der Waals surface area contributed by atoms with E-state index in [4.69, 9.17) is 13.9 Å². The fourth-order valence-corrected chi connectivity index (χ4v) is 11.3. The van der Waals surface area contributed by atoms with Crippen LogP contribution in [0.2, 0.25) is 18.6 Å². The molecular formula is C23H26O5Si2. The molecule has 7 heteroatoms. The molecule has 2 aliphatic carbocycles. The summed E-state index contributed by atoms with van der Waals surface area (Å²) >= 11 is 0. The van der Waals surface area contributed by atoms with E-state index >= 15 is 0 Å². The van der Waals surface area contributed by atoms with Gasteiger partial charge in [-0.25, -0.2) is 0 Å². The summed E-state index contributed by atoms with van der Waals surface area (Å²) in [6, 6.07) is 20.5. The van der Waals surface area contributed by atoms with Gasteiger partial charge in [-0.1, -0.05) is 60.7 Å². The number of cyclic esters (lactones) is 2. The van der Waals surface area contributed by atoms with Gasteiger partial charge in [0.2, 0.25) is 8.32 Å². The van der Waals surface area contributed by atoms with E-state index in [2.05, 4.69) is 37.4 Å². The zero-order valence-electron chi connectivity index (χ0n) is 17.2. The first-order valence-corrected chi connectivity index (χ1v) is 15.3. The summed E-state index contributed by atoms with van der Waals surface area (Å²) in [5.41, 5.74) is 0.295. The fourth-order valence-electron chi connectivity index (χ4n) is 5.85. The van der Waals surface area contributed by atoms with Gasteiger partial charge in [0.1, 0.15) is 0 Å². The number of carbonyl (C=O) groups excluding carboxylic acids is 2. The van der Waals surface area contributed by atoms with Crippen molar-refractivity contribution in [3.05, 3.63) is 60.7 Å². The van der Waals surface area contributed by atoms with Gasteiger partial charge in [-0.05, 0) is 53.7 Å². The van der Waals surface area contributed by atoms with Crippen LogP contribution in [0, 0.1) is 23.7 Å². The summed E-state index contributed by atoms with van der Waals surface area (Å²) in [7, 11) is -4.26. The fraction of sp³-hybridized carbons (Fsp3) is 0.391. The van der Waals surface area contributed by atoms with E-state index in [9.17, 15) is 9.59 Å². The summed E-state index contributed by atoms with van der Waals surface area (Å²) in [5, 5.41) is 2.35. The molecule has 2 bridgehead atoms. The molecule has 156 valence electrons. The van der Waals surface area contributed by atoms with Gasteiger partial charge in [0.05, 0.1) is 11.8 Å². The highest BCUT2D eigenvalue weighted by molar-refractivity contribution is 6.80. The first kappa shape index (κ1) is 19.9. The molecule has 3 aliphatic rings. The van der Waals surface area contributed by atoms with Crippen molar-refractivity contribution in [3.63, 3.8) is 0 Å². The third kappa shape index (κ3) is 3.30. The van der Waals surface area contributed by atoms with E-state index in [-0.39, 0.29) is 35.6 Å². The maximum absolute atomic E-state index is 12.3. The van der Waals surface area contributed by atoms with Gasteiger partial charge in [-0.3, -0.25) is 18.7 Å². The average Bonchev–Trinajstić information content (AvgIpc) is 3.42. The van der Waals surface area contributed by atoms with Crippen LogP contribution in [0.3, 0.4) is 0 Å². The van der Waals surface area contributed by atoms with E-state index in [1.54, 1.807) is 0 Å². The SMILES string of the molecule is C[Si](C)(OO[SiH](c1ccccc1)c1ccccc1)C1CC2CC1C1C(=O)OC(=O)C21. The van der Waals surface area contributed by atoms with Gasteiger partial charge >= 0.3 is 11.9 Å². The van der Waals surface area contributed by atoms with Gasteiger partial charge in [0, 0.05) is 0 Å². The zero-order chi connectivity index (χ0) is 20.9.